The van der Waals surface area contributed by atoms with Crippen LogP contribution >= 0.6 is 0 Å². The van der Waals surface area contributed by atoms with Crippen LogP contribution < -0.4 is 32.3 Å². The number of anilines is 1. The van der Waals surface area contributed by atoms with Crippen molar-refractivity contribution in [2.75, 3.05) is 46.7 Å². The fourth-order valence-electron chi connectivity index (χ4n) is 11.5. The third-order valence-electron chi connectivity index (χ3n) is 16.8. The molecule has 0 saturated carbocycles. The van der Waals surface area contributed by atoms with Crippen LogP contribution in [0.4, 0.5) is 15.3 Å². The lowest BCUT2D eigenvalue weighted by molar-refractivity contribution is -0.149. The van der Waals surface area contributed by atoms with E-state index in [1.807, 2.05) is 45.9 Å². The molecule has 8 N–H and O–H groups in total. The number of Topliss-reactive ketones (excluding diaryl/α,β-unsaturated/α-hetero) is 2. The first-order chi connectivity index (χ1) is 41.5. The molecular formula is C65H103N9O14. The van der Waals surface area contributed by atoms with E-state index in [1.165, 1.54) is 33.1 Å². The smallest absolute Gasteiger partial charge is 0.410 e. The van der Waals surface area contributed by atoms with Gasteiger partial charge in [-0.15, -0.1) is 0 Å². The highest BCUT2D eigenvalue weighted by Crippen LogP contribution is 2.32. The lowest BCUT2D eigenvalue weighted by Crippen LogP contribution is -2.55. The third-order valence-corrected chi connectivity index (χ3v) is 16.8. The number of carbonyl (C=O) groups is 10. The number of methoxy groups -OCH3 is 2. The number of ether oxygens (including phenoxy) is 3. The minimum Gasteiger partial charge on any atom is -0.445 e. The second kappa shape index (κ2) is 37.1. The predicted octanol–water partition coefficient (Wildman–Crippen LogP) is 6.44. The molecule has 1 fully saturated rings. The van der Waals surface area contributed by atoms with Gasteiger partial charge in [-0.1, -0.05) is 111 Å². The van der Waals surface area contributed by atoms with Crippen LogP contribution in [0.15, 0.2) is 54.6 Å². The number of aliphatic hydroxyl groups is 1. The zero-order valence-electron chi connectivity index (χ0n) is 54.7. The van der Waals surface area contributed by atoms with Crippen LogP contribution in [0.2, 0.25) is 0 Å². The minimum atomic E-state index is -1.09. The van der Waals surface area contributed by atoms with E-state index in [4.69, 9.17) is 19.9 Å². The van der Waals surface area contributed by atoms with Gasteiger partial charge in [-0.2, -0.15) is 0 Å². The van der Waals surface area contributed by atoms with Gasteiger partial charge in [0.1, 0.15) is 24.5 Å². The molecule has 0 radical (unpaired) electrons. The molecule has 88 heavy (non-hydrogen) atoms. The number of amides is 9. The topological polar surface area (TPSA) is 315 Å². The molecule has 9 amide bonds. The van der Waals surface area contributed by atoms with Gasteiger partial charge in [-0.25, -0.2) is 9.59 Å². The monoisotopic (exact) mass is 1230 g/mol. The molecule has 2 aromatic rings. The molecule has 1 aliphatic heterocycles. The van der Waals surface area contributed by atoms with Gasteiger partial charge in [0.25, 0.3) is 0 Å². The summed E-state index contributed by atoms with van der Waals surface area (Å²) in [4.78, 5) is 138. The van der Waals surface area contributed by atoms with Crippen LogP contribution in [0.1, 0.15) is 158 Å². The van der Waals surface area contributed by atoms with E-state index >= 15 is 0 Å². The average molecular weight is 1230 g/mol. The first kappa shape index (κ1) is 75.3. The van der Waals surface area contributed by atoms with Gasteiger partial charge < -0.3 is 71.1 Å². The van der Waals surface area contributed by atoms with E-state index in [1.54, 1.807) is 94.8 Å². The van der Waals surface area contributed by atoms with E-state index in [-0.39, 0.29) is 105 Å². The number of primary amides is 1. The SMILES string of the molecule is CC[C@@H](C)[C@H]([C@H](CC(=O)N1CCC[C@@H]1[C@@H](OC)[C@H](C)C(=O)N[C@@H](C)[C@H](O)c1ccccc1)OC)N(C)C(=O)[C@H](CC(=O)[C@@H](C(C)C)N(C)C(=O)OCc1ccc(NC(=O)[C@@H](CCCNC(N)=O)NC(=O)[C@H](NC(=O)CCCC(C)=O)C(C)C)cc1)C(C)C. The first-order valence-corrected chi connectivity index (χ1v) is 31.1. The van der Waals surface area contributed by atoms with Gasteiger partial charge in [0.15, 0.2) is 5.78 Å². The Bertz CT molecular complexity index is 2600. The Labute approximate surface area is 521 Å². The summed E-state index contributed by atoms with van der Waals surface area (Å²) >= 11 is 0. The van der Waals surface area contributed by atoms with E-state index in [9.17, 15) is 53.1 Å². The number of nitrogens with zero attached hydrogens (tertiary/aromatic N) is 3. The van der Waals surface area contributed by atoms with E-state index in [0.29, 0.717) is 49.0 Å². The number of hydrogen-bond acceptors (Lipinski definition) is 14. The number of rotatable bonds is 37. The van der Waals surface area contributed by atoms with Crippen LogP contribution in [0, 0.1) is 35.5 Å². The number of carbonyl (C=O) groups excluding carboxylic acids is 10. The van der Waals surface area contributed by atoms with Gasteiger partial charge >= 0.3 is 12.1 Å². The Morgan fingerprint density at radius 2 is 1.40 bits per heavy atom. The number of ketones is 2. The van der Waals surface area contributed by atoms with Crippen molar-refractivity contribution in [3.05, 3.63) is 65.7 Å². The fourth-order valence-corrected chi connectivity index (χ4v) is 11.5. The Balaban J connectivity index is 1.71. The molecule has 1 saturated heterocycles. The summed E-state index contributed by atoms with van der Waals surface area (Å²) in [5, 5.41) is 24.6. The number of likely N-dealkylation sites (N-methyl/N-ethyl adjacent to an activating group) is 2. The molecule has 23 heteroatoms. The molecule has 3 rings (SSSR count). The molecule has 0 unspecified atom stereocenters. The summed E-state index contributed by atoms with van der Waals surface area (Å²) in [5.74, 6) is -5.46. The van der Waals surface area contributed by atoms with Crippen molar-refractivity contribution in [1.82, 2.24) is 36.0 Å². The van der Waals surface area contributed by atoms with Gasteiger partial charge in [-0.05, 0) is 92.9 Å². The van der Waals surface area contributed by atoms with Crippen molar-refractivity contribution < 1.29 is 67.3 Å². The van der Waals surface area contributed by atoms with Gasteiger partial charge in [-0.3, -0.25) is 33.6 Å². The van der Waals surface area contributed by atoms with E-state index in [0.717, 1.165) is 0 Å². The Hall–Kier alpha value is -6.98. The maximum atomic E-state index is 14.8. The molecule has 0 aromatic heterocycles. The summed E-state index contributed by atoms with van der Waals surface area (Å²) in [6.07, 6.45) is -0.448. The molecule has 0 bridgehead atoms. The van der Waals surface area contributed by atoms with Crippen molar-refractivity contribution in [3.8, 4) is 0 Å². The normalized spacial score (nSPS) is 17.0. The highest BCUT2D eigenvalue weighted by molar-refractivity contribution is 5.98. The lowest BCUT2D eigenvalue weighted by Gasteiger charge is -2.41. The standard InChI is InChI=1S/C65H103N9O14/c1-16-41(8)57(52(86-14)36-54(78)74-34-22-27-50(74)59(87-15)43(10)60(80)68-44(11)58(79)46-24-18-17-19-25-46)72(12)63(83)48(38(2)3)35-51(76)56(40(6)7)73(13)65(85)88-37-45-29-31-47(32-30-45)69-61(81)49(26-21-33-67-64(66)84)70-62(82)55(39(4)5)71-53(77)28-20-23-42(9)75/h17-19,24-25,29-32,38-41,43-44,48-50,52,55-59,79H,16,20-23,26-28,33-37H2,1-15H3,(H,68,80)(H,69,81)(H,70,82)(H,71,77)(H3,66,67,84)/t41-,43+,44+,48-,49-,50-,52+,55-,56-,57-,58+,59+/m1/s1. The lowest BCUT2D eigenvalue weighted by atomic mass is 9.83. The molecule has 1 heterocycles. The van der Waals surface area contributed by atoms with Crippen molar-refractivity contribution >= 4 is 64.8 Å². The van der Waals surface area contributed by atoms with Crippen LogP contribution in [0.25, 0.3) is 0 Å². The minimum absolute atomic E-state index is 0.0462. The number of likely N-dealkylation sites (tertiary alicyclic amines) is 1. The summed E-state index contributed by atoms with van der Waals surface area (Å²) < 4.78 is 17.8. The zero-order valence-corrected chi connectivity index (χ0v) is 54.7. The molecule has 0 spiro atoms. The molecule has 1 aliphatic rings. The Morgan fingerprint density at radius 1 is 0.750 bits per heavy atom. The second-order valence-electron chi connectivity index (χ2n) is 24.6. The quantitative estimate of drug-likeness (QED) is 0.0358. The average Bonchev–Trinajstić information content (AvgIpc) is 4.06. The number of benzene rings is 2. The number of hydrogen-bond donors (Lipinski definition) is 7. The Kier molecular flexibility index (Phi) is 31.8. The van der Waals surface area contributed by atoms with E-state index < -0.39 is 96.2 Å². The second-order valence-corrected chi connectivity index (χ2v) is 24.6. The molecular weight excluding hydrogens is 1130 g/mol. The summed E-state index contributed by atoms with van der Waals surface area (Å²) in [5.41, 5.74) is 6.79. The van der Waals surface area contributed by atoms with Gasteiger partial charge in [0.2, 0.25) is 35.4 Å². The van der Waals surface area contributed by atoms with Crippen molar-refractivity contribution in [3.63, 3.8) is 0 Å². The summed E-state index contributed by atoms with van der Waals surface area (Å²) in [6, 6.07) is 10.1. The molecule has 0 aliphatic carbocycles. The van der Waals surface area contributed by atoms with Gasteiger partial charge in [0.05, 0.1) is 54.8 Å². The van der Waals surface area contributed by atoms with Crippen LogP contribution in [0.3, 0.4) is 0 Å². The number of urea groups is 1. The van der Waals surface area contributed by atoms with Gasteiger partial charge in [0, 0.05) is 72.3 Å². The number of nitrogens with two attached hydrogens (primary N) is 1. The highest BCUT2D eigenvalue weighted by Gasteiger charge is 2.44. The molecule has 12 atom stereocenters. The third kappa shape index (κ3) is 22.9. The van der Waals surface area contributed by atoms with Crippen LogP contribution in [0.5, 0.6) is 0 Å². The van der Waals surface area contributed by atoms with Crippen LogP contribution in [-0.4, -0.2) is 169 Å². The zero-order chi connectivity index (χ0) is 66.1. The highest BCUT2D eigenvalue weighted by atomic mass is 16.6. The van der Waals surface area contributed by atoms with Crippen molar-refractivity contribution in [2.24, 2.45) is 41.2 Å². The largest absolute Gasteiger partial charge is 0.445 e. The van der Waals surface area contributed by atoms with E-state index in [2.05, 4.69) is 26.6 Å². The molecule has 2 aromatic carbocycles. The maximum Gasteiger partial charge on any atom is 0.410 e. The summed E-state index contributed by atoms with van der Waals surface area (Å²) in [7, 11) is 6.19. The number of aliphatic hydroxyl groups excluding tert-OH is 1. The predicted molar refractivity (Wildman–Crippen MR) is 335 cm³/mol. The maximum absolute atomic E-state index is 14.8. The summed E-state index contributed by atoms with van der Waals surface area (Å²) in [6.45, 7) is 20.1. The first-order valence-electron chi connectivity index (χ1n) is 31.1. The van der Waals surface area contributed by atoms with Crippen molar-refractivity contribution in [2.45, 2.75) is 202 Å². The fraction of sp³-hybridized carbons (Fsp3) is 0.662. The molecule has 492 valence electrons. The Morgan fingerprint density at radius 3 is 1.95 bits per heavy atom. The van der Waals surface area contributed by atoms with Crippen LogP contribution in [-0.2, 0) is 59.2 Å². The van der Waals surface area contributed by atoms with Crippen molar-refractivity contribution in [1.29, 1.82) is 0 Å². The molecule has 23 nitrogen and oxygen atoms in total. The number of nitrogens with one attached hydrogen (secondary N) is 5.